The second kappa shape index (κ2) is 5.55. The van der Waals surface area contributed by atoms with Crippen molar-refractivity contribution < 1.29 is 0 Å². The second-order valence-corrected chi connectivity index (χ2v) is 4.46. The maximum atomic E-state index is 9.31. The highest BCUT2D eigenvalue weighted by Crippen LogP contribution is 2.28. The van der Waals surface area contributed by atoms with Crippen LogP contribution in [0.5, 0.6) is 0 Å². The van der Waals surface area contributed by atoms with E-state index in [2.05, 4.69) is 11.1 Å². The van der Waals surface area contributed by atoms with Crippen LogP contribution in [0, 0.1) is 18.3 Å². The van der Waals surface area contributed by atoms with Crippen LogP contribution < -0.4 is 5.73 Å². The first-order valence-electron chi connectivity index (χ1n) is 5.71. The molecule has 0 saturated carbocycles. The molecule has 3 nitrogen and oxygen atoms in total. The van der Waals surface area contributed by atoms with E-state index in [9.17, 15) is 5.26 Å². The van der Waals surface area contributed by atoms with Gasteiger partial charge in [0.05, 0.1) is 16.3 Å². The van der Waals surface area contributed by atoms with Crippen molar-refractivity contribution in [3.8, 4) is 6.07 Å². The molecule has 2 rings (SSSR count). The van der Waals surface area contributed by atoms with E-state index in [1.54, 1.807) is 30.6 Å². The van der Waals surface area contributed by atoms with Crippen LogP contribution in [-0.2, 0) is 0 Å². The summed E-state index contributed by atoms with van der Waals surface area (Å²) < 4.78 is 0. The topological polar surface area (TPSA) is 62.7 Å². The van der Waals surface area contributed by atoms with Crippen molar-refractivity contribution in [3.05, 3.63) is 64.4 Å². The molecule has 1 aromatic heterocycles. The first-order chi connectivity index (χ1) is 9.15. The standard InChI is InChI=1S/C15H12ClN3/c1-10-4-2-6-12(14(10)16)15(18)13(8-17)11-5-3-7-19-9-11/h2-7,9H,18H2,1H3/b15-13+. The molecule has 0 fully saturated rings. The molecule has 2 aromatic rings. The number of hydrogen-bond donors (Lipinski definition) is 1. The van der Waals surface area contributed by atoms with E-state index in [4.69, 9.17) is 17.3 Å². The summed E-state index contributed by atoms with van der Waals surface area (Å²) in [5.41, 5.74) is 9.11. The minimum atomic E-state index is 0.365. The fourth-order valence-corrected chi connectivity index (χ4v) is 2.01. The molecule has 0 atom stereocenters. The Bertz CT molecular complexity index is 670. The Morgan fingerprint density at radius 3 is 2.74 bits per heavy atom. The Kier molecular flexibility index (Phi) is 3.84. The van der Waals surface area contributed by atoms with E-state index in [1.165, 1.54) is 0 Å². The molecule has 0 aliphatic rings. The highest BCUT2D eigenvalue weighted by Gasteiger charge is 2.12. The molecule has 19 heavy (non-hydrogen) atoms. The van der Waals surface area contributed by atoms with E-state index in [1.807, 2.05) is 19.1 Å². The van der Waals surface area contributed by atoms with E-state index in [0.717, 1.165) is 5.56 Å². The number of pyridine rings is 1. The molecule has 0 spiro atoms. The average Bonchev–Trinajstić information content (AvgIpc) is 2.44. The number of nitrogens with two attached hydrogens (primary N) is 1. The SMILES string of the molecule is Cc1cccc(/C(N)=C(/C#N)c2cccnc2)c1Cl. The van der Waals surface area contributed by atoms with Crippen LogP contribution in [0.25, 0.3) is 11.3 Å². The third-order valence-corrected chi connectivity index (χ3v) is 3.32. The number of nitriles is 1. The van der Waals surface area contributed by atoms with E-state index < -0.39 is 0 Å². The average molecular weight is 270 g/mol. The fourth-order valence-electron chi connectivity index (χ4n) is 1.78. The molecular formula is C15H12ClN3. The van der Waals surface area contributed by atoms with E-state index >= 15 is 0 Å². The lowest BCUT2D eigenvalue weighted by atomic mass is 10.0. The molecule has 0 aliphatic carbocycles. The third-order valence-electron chi connectivity index (χ3n) is 2.81. The summed E-state index contributed by atoms with van der Waals surface area (Å²) in [5, 5.41) is 9.88. The zero-order valence-corrected chi connectivity index (χ0v) is 11.1. The number of halogens is 1. The number of aromatic nitrogens is 1. The Hall–Kier alpha value is -2.31. The number of rotatable bonds is 2. The molecule has 0 saturated heterocycles. The van der Waals surface area contributed by atoms with Crippen molar-refractivity contribution in [1.82, 2.24) is 4.98 Å². The van der Waals surface area contributed by atoms with Crippen molar-refractivity contribution >= 4 is 22.9 Å². The number of benzene rings is 1. The number of hydrogen-bond acceptors (Lipinski definition) is 3. The van der Waals surface area contributed by atoms with Crippen molar-refractivity contribution in [3.63, 3.8) is 0 Å². The zero-order chi connectivity index (χ0) is 13.8. The molecule has 0 radical (unpaired) electrons. The van der Waals surface area contributed by atoms with Crippen LogP contribution in [0.2, 0.25) is 5.02 Å². The molecule has 2 N–H and O–H groups in total. The highest BCUT2D eigenvalue weighted by atomic mass is 35.5. The van der Waals surface area contributed by atoms with Gasteiger partial charge in [0.25, 0.3) is 0 Å². The molecule has 1 heterocycles. The monoisotopic (exact) mass is 269 g/mol. The minimum Gasteiger partial charge on any atom is -0.397 e. The van der Waals surface area contributed by atoms with E-state index in [0.29, 0.717) is 27.4 Å². The van der Waals surface area contributed by atoms with Gasteiger partial charge in [-0.3, -0.25) is 4.98 Å². The quantitative estimate of drug-likeness (QED) is 0.850. The van der Waals surface area contributed by atoms with Gasteiger partial charge in [0, 0.05) is 23.5 Å². The zero-order valence-electron chi connectivity index (χ0n) is 10.4. The normalized spacial score (nSPS) is 11.6. The van der Waals surface area contributed by atoms with Gasteiger partial charge in [-0.1, -0.05) is 35.9 Å². The van der Waals surface area contributed by atoms with Gasteiger partial charge in [-0.2, -0.15) is 5.26 Å². The van der Waals surface area contributed by atoms with Crippen molar-refractivity contribution in [1.29, 1.82) is 5.26 Å². The number of nitrogens with zero attached hydrogens (tertiary/aromatic N) is 2. The molecular weight excluding hydrogens is 258 g/mol. The molecule has 94 valence electrons. The summed E-state index contributed by atoms with van der Waals surface area (Å²) in [6.07, 6.45) is 3.25. The molecule has 0 amide bonds. The molecule has 0 aliphatic heterocycles. The number of allylic oxidation sites excluding steroid dienone is 1. The summed E-state index contributed by atoms with van der Waals surface area (Å²) in [4.78, 5) is 4.00. The minimum absolute atomic E-state index is 0.365. The van der Waals surface area contributed by atoms with Gasteiger partial charge in [-0.05, 0) is 18.6 Å². The summed E-state index contributed by atoms with van der Waals surface area (Å²) in [6, 6.07) is 11.2. The van der Waals surface area contributed by atoms with E-state index in [-0.39, 0.29) is 0 Å². The number of aryl methyl sites for hydroxylation is 1. The summed E-state index contributed by atoms with van der Waals surface area (Å²) in [6.45, 7) is 1.90. The third kappa shape index (κ3) is 2.59. The van der Waals surface area contributed by atoms with Crippen molar-refractivity contribution in [2.75, 3.05) is 0 Å². The van der Waals surface area contributed by atoms with Crippen LogP contribution in [0.3, 0.4) is 0 Å². The van der Waals surface area contributed by atoms with Crippen LogP contribution in [0.4, 0.5) is 0 Å². The molecule has 0 unspecified atom stereocenters. The lowest BCUT2D eigenvalue weighted by molar-refractivity contribution is 1.31. The molecule has 1 aromatic carbocycles. The molecule has 4 heteroatoms. The molecule has 0 bridgehead atoms. The van der Waals surface area contributed by atoms with Crippen LogP contribution in [0.1, 0.15) is 16.7 Å². The smallest absolute Gasteiger partial charge is 0.102 e. The Morgan fingerprint density at radius 2 is 2.11 bits per heavy atom. The first-order valence-corrected chi connectivity index (χ1v) is 6.08. The lowest BCUT2D eigenvalue weighted by Crippen LogP contribution is -2.02. The van der Waals surface area contributed by atoms with Crippen molar-refractivity contribution in [2.45, 2.75) is 6.92 Å². The maximum Gasteiger partial charge on any atom is 0.102 e. The maximum absolute atomic E-state index is 9.31. The summed E-state index contributed by atoms with van der Waals surface area (Å²) in [5.74, 6) is 0. The van der Waals surface area contributed by atoms with Crippen molar-refractivity contribution in [2.24, 2.45) is 5.73 Å². The predicted octanol–water partition coefficient (Wildman–Crippen LogP) is 3.39. The largest absolute Gasteiger partial charge is 0.397 e. The van der Waals surface area contributed by atoms with Gasteiger partial charge in [-0.25, -0.2) is 0 Å². The Labute approximate surface area is 117 Å². The fraction of sp³-hybridized carbons (Fsp3) is 0.0667. The van der Waals surface area contributed by atoms with Gasteiger partial charge >= 0.3 is 0 Å². The predicted molar refractivity (Wildman–Crippen MR) is 77.0 cm³/mol. The van der Waals surface area contributed by atoms with Crippen LogP contribution in [0.15, 0.2) is 42.7 Å². The van der Waals surface area contributed by atoms with Gasteiger partial charge < -0.3 is 5.73 Å². The summed E-state index contributed by atoms with van der Waals surface area (Å²) in [7, 11) is 0. The lowest BCUT2D eigenvalue weighted by Gasteiger charge is -2.09. The van der Waals surface area contributed by atoms with Crippen LogP contribution in [-0.4, -0.2) is 4.98 Å². The highest BCUT2D eigenvalue weighted by molar-refractivity contribution is 6.33. The Balaban J connectivity index is 2.63. The van der Waals surface area contributed by atoms with Crippen LogP contribution >= 0.6 is 11.6 Å². The summed E-state index contributed by atoms with van der Waals surface area (Å²) >= 11 is 6.24. The first kappa shape index (κ1) is 13.1. The second-order valence-electron chi connectivity index (χ2n) is 4.08. The van der Waals surface area contributed by atoms with Gasteiger partial charge in [0.1, 0.15) is 6.07 Å². The van der Waals surface area contributed by atoms with Gasteiger partial charge in [-0.15, -0.1) is 0 Å². The Morgan fingerprint density at radius 1 is 1.32 bits per heavy atom. The van der Waals surface area contributed by atoms with Gasteiger partial charge in [0.2, 0.25) is 0 Å². The van der Waals surface area contributed by atoms with Gasteiger partial charge in [0.15, 0.2) is 0 Å².